The number of ether oxygens (including phenoxy) is 2. The minimum atomic E-state index is -3.17. The third kappa shape index (κ3) is 5.22. The first-order chi connectivity index (χ1) is 12.9. The maximum atomic E-state index is 11.6. The van der Waals surface area contributed by atoms with E-state index in [2.05, 4.69) is 11.4 Å². The molecule has 1 heterocycles. The maximum Gasteiger partial charge on any atom is 0.161 e. The standard InChI is InChI=1S/C20H25NO5S/c1-14-4-3-5-16(8-14)11-26-20-9-15(6-7-19(20)25-2)10-21-17-12-27(23,24)13-18(17)22/h3-9,17-18,21-22H,10-13H2,1-2H3/t17-,18-/m1/s1. The molecule has 2 aromatic rings. The summed E-state index contributed by atoms with van der Waals surface area (Å²) in [5, 5.41) is 13.0. The van der Waals surface area contributed by atoms with Crippen LogP contribution in [0.15, 0.2) is 42.5 Å². The van der Waals surface area contributed by atoms with Crippen LogP contribution in [0, 0.1) is 6.92 Å². The van der Waals surface area contributed by atoms with Gasteiger partial charge in [-0.05, 0) is 30.2 Å². The predicted molar refractivity (Wildman–Crippen MR) is 104 cm³/mol. The molecule has 0 unspecified atom stereocenters. The fourth-order valence-electron chi connectivity index (χ4n) is 3.18. The molecule has 2 aromatic carbocycles. The van der Waals surface area contributed by atoms with Crippen molar-refractivity contribution in [2.24, 2.45) is 0 Å². The Labute approximate surface area is 160 Å². The molecular weight excluding hydrogens is 366 g/mol. The number of nitrogens with one attached hydrogen (secondary N) is 1. The van der Waals surface area contributed by atoms with Crippen molar-refractivity contribution in [1.82, 2.24) is 5.32 Å². The Morgan fingerprint density at radius 1 is 1.11 bits per heavy atom. The zero-order valence-corrected chi connectivity index (χ0v) is 16.3. The highest BCUT2D eigenvalue weighted by Crippen LogP contribution is 2.29. The fraction of sp³-hybridized carbons (Fsp3) is 0.400. The molecule has 7 heteroatoms. The van der Waals surface area contributed by atoms with E-state index in [9.17, 15) is 13.5 Å². The van der Waals surface area contributed by atoms with E-state index in [0.717, 1.165) is 11.1 Å². The predicted octanol–water partition coefficient (Wildman–Crippen LogP) is 1.83. The third-order valence-corrected chi connectivity index (χ3v) is 6.31. The van der Waals surface area contributed by atoms with Crippen molar-refractivity contribution in [2.45, 2.75) is 32.2 Å². The second kappa shape index (κ2) is 8.29. The van der Waals surface area contributed by atoms with E-state index in [1.165, 1.54) is 5.56 Å². The second-order valence-electron chi connectivity index (χ2n) is 6.89. The first-order valence-corrected chi connectivity index (χ1v) is 10.7. The van der Waals surface area contributed by atoms with Crippen LogP contribution >= 0.6 is 0 Å². The smallest absolute Gasteiger partial charge is 0.161 e. The lowest BCUT2D eigenvalue weighted by Gasteiger charge is -2.16. The van der Waals surface area contributed by atoms with Gasteiger partial charge < -0.3 is 19.9 Å². The van der Waals surface area contributed by atoms with Crippen LogP contribution in [0.3, 0.4) is 0 Å². The first kappa shape index (κ1) is 19.7. The first-order valence-electron chi connectivity index (χ1n) is 8.83. The van der Waals surface area contributed by atoms with Crippen molar-refractivity contribution in [3.8, 4) is 11.5 Å². The van der Waals surface area contributed by atoms with Crippen LogP contribution in [0.2, 0.25) is 0 Å². The van der Waals surface area contributed by atoms with Gasteiger partial charge in [-0.2, -0.15) is 0 Å². The Morgan fingerprint density at radius 3 is 2.59 bits per heavy atom. The zero-order chi connectivity index (χ0) is 19.4. The molecule has 2 N–H and O–H groups in total. The summed E-state index contributed by atoms with van der Waals surface area (Å²) in [6, 6.07) is 13.2. The molecule has 2 atom stereocenters. The molecule has 0 radical (unpaired) electrons. The molecule has 0 bridgehead atoms. The van der Waals surface area contributed by atoms with E-state index in [1.807, 2.05) is 43.3 Å². The van der Waals surface area contributed by atoms with Crippen LogP contribution in [0.1, 0.15) is 16.7 Å². The molecule has 1 saturated heterocycles. The largest absolute Gasteiger partial charge is 0.493 e. The van der Waals surface area contributed by atoms with Gasteiger partial charge in [-0.3, -0.25) is 0 Å². The lowest BCUT2D eigenvalue weighted by Crippen LogP contribution is -2.38. The molecule has 27 heavy (non-hydrogen) atoms. The lowest BCUT2D eigenvalue weighted by molar-refractivity contribution is 0.165. The topological polar surface area (TPSA) is 84.9 Å². The van der Waals surface area contributed by atoms with E-state index in [4.69, 9.17) is 9.47 Å². The van der Waals surface area contributed by atoms with Gasteiger partial charge in [0, 0.05) is 12.6 Å². The van der Waals surface area contributed by atoms with Gasteiger partial charge in [0.25, 0.3) is 0 Å². The van der Waals surface area contributed by atoms with Crippen LogP contribution in [-0.4, -0.2) is 44.3 Å². The van der Waals surface area contributed by atoms with Gasteiger partial charge in [0.05, 0.1) is 24.7 Å². The molecule has 0 aromatic heterocycles. The molecule has 0 saturated carbocycles. The molecule has 3 rings (SSSR count). The van der Waals surface area contributed by atoms with Crippen LogP contribution in [0.25, 0.3) is 0 Å². The molecule has 0 aliphatic carbocycles. The normalized spacial score (nSPS) is 21.1. The number of sulfone groups is 1. The molecule has 6 nitrogen and oxygen atoms in total. The third-order valence-electron chi connectivity index (χ3n) is 4.60. The number of hydrogen-bond donors (Lipinski definition) is 2. The average Bonchev–Trinajstić information content (AvgIpc) is 2.90. The van der Waals surface area contributed by atoms with Crippen LogP contribution in [0.5, 0.6) is 11.5 Å². The minimum Gasteiger partial charge on any atom is -0.493 e. The number of methoxy groups -OCH3 is 1. The Bertz CT molecular complexity index is 897. The van der Waals surface area contributed by atoms with E-state index in [0.29, 0.717) is 24.7 Å². The average molecular weight is 391 g/mol. The summed E-state index contributed by atoms with van der Waals surface area (Å²) in [5.41, 5.74) is 3.16. The van der Waals surface area contributed by atoms with Gasteiger partial charge in [0.15, 0.2) is 21.3 Å². The summed E-state index contributed by atoms with van der Waals surface area (Å²) in [6.45, 7) is 2.89. The number of aliphatic hydroxyl groups is 1. The highest BCUT2D eigenvalue weighted by Gasteiger charge is 2.35. The zero-order valence-electron chi connectivity index (χ0n) is 15.5. The van der Waals surface area contributed by atoms with Crippen LogP contribution < -0.4 is 14.8 Å². The van der Waals surface area contributed by atoms with Crippen molar-refractivity contribution in [1.29, 1.82) is 0 Å². The number of aryl methyl sites for hydroxylation is 1. The number of rotatable bonds is 7. The number of benzene rings is 2. The monoisotopic (exact) mass is 391 g/mol. The van der Waals surface area contributed by atoms with E-state index >= 15 is 0 Å². The Balaban J connectivity index is 1.66. The van der Waals surface area contributed by atoms with Crippen LogP contribution in [-0.2, 0) is 23.0 Å². The second-order valence-corrected chi connectivity index (χ2v) is 9.05. The number of aliphatic hydroxyl groups excluding tert-OH is 1. The van der Waals surface area contributed by atoms with Gasteiger partial charge in [0.2, 0.25) is 0 Å². The molecule has 1 fully saturated rings. The fourth-order valence-corrected chi connectivity index (χ4v) is 4.96. The Morgan fingerprint density at radius 2 is 1.93 bits per heavy atom. The van der Waals surface area contributed by atoms with Gasteiger partial charge in [-0.1, -0.05) is 35.9 Å². The molecule has 0 spiro atoms. The van der Waals surface area contributed by atoms with Crippen molar-refractivity contribution >= 4 is 9.84 Å². The molecular formula is C20H25NO5S. The van der Waals surface area contributed by atoms with Crippen molar-refractivity contribution in [3.05, 3.63) is 59.2 Å². The summed E-state index contributed by atoms with van der Waals surface area (Å²) < 4.78 is 34.5. The van der Waals surface area contributed by atoms with E-state index in [1.54, 1.807) is 7.11 Å². The summed E-state index contributed by atoms with van der Waals surface area (Å²) >= 11 is 0. The van der Waals surface area contributed by atoms with E-state index < -0.39 is 22.0 Å². The van der Waals surface area contributed by atoms with E-state index in [-0.39, 0.29) is 11.5 Å². The highest BCUT2D eigenvalue weighted by molar-refractivity contribution is 7.91. The maximum absolute atomic E-state index is 11.6. The summed E-state index contributed by atoms with van der Waals surface area (Å²) in [6.07, 6.45) is -0.870. The van der Waals surface area contributed by atoms with Crippen molar-refractivity contribution < 1.29 is 23.0 Å². The van der Waals surface area contributed by atoms with Gasteiger partial charge in [-0.25, -0.2) is 8.42 Å². The minimum absolute atomic E-state index is 0.0406. The quantitative estimate of drug-likeness (QED) is 0.749. The highest BCUT2D eigenvalue weighted by atomic mass is 32.2. The summed E-state index contributed by atoms with van der Waals surface area (Å²) in [4.78, 5) is 0. The number of hydrogen-bond acceptors (Lipinski definition) is 6. The lowest BCUT2D eigenvalue weighted by atomic mass is 10.1. The van der Waals surface area contributed by atoms with Gasteiger partial charge >= 0.3 is 0 Å². The Hall–Kier alpha value is -2.09. The van der Waals surface area contributed by atoms with Crippen molar-refractivity contribution in [3.63, 3.8) is 0 Å². The molecule has 1 aliphatic heterocycles. The SMILES string of the molecule is COc1ccc(CN[C@@H]2CS(=O)(=O)C[C@H]2O)cc1OCc1cccc(C)c1. The summed E-state index contributed by atoms with van der Waals surface area (Å²) in [7, 11) is -1.58. The molecule has 0 amide bonds. The Kier molecular flexibility index (Phi) is 6.04. The van der Waals surface area contributed by atoms with Gasteiger partial charge in [-0.15, -0.1) is 0 Å². The molecule has 146 valence electrons. The van der Waals surface area contributed by atoms with Crippen molar-refractivity contribution in [2.75, 3.05) is 18.6 Å². The summed E-state index contributed by atoms with van der Waals surface area (Å²) in [5.74, 6) is 1.03. The molecule has 1 aliphatic rings. The van der Waals surface area contributed by atoms with Crippen LogP contribution in [0.4, 0.5) is 0 Å². The van der Waals surface area contributed by atoms with Gasteiger partial charge in [0.1, 0.15) is 6.61 Å².